The van der Waals surface area contributed by atoms with Crippen molar-refractivity contribution in [1.82, 2.24) is 29.6 Å². The van der Waals surface area contributed by atoms with Crippen LogP contribution in [0, 0.1) is 0 Å². The number of piperazine rings is 1. The summed E-state index contributed by atoms with van der Waals surface area (Å²) in [6.07, 6.45) is -1.66. The van der Waals surface area contributed by atoms with Crippen molar-refractivity contribution >= 4 is 5.95 Å². The second-order valence-electron chi connectivity index (χ2n) is 5.36. The highest BCUT2D eigenvalue weighted by molar-refractivity contribution is 5.31. The number of aromatic nitrogens is 5. The Hall–Kier alpha value is -2.23. The van der Waals surface area contributed by atoms with Crippen molar-refractivity contribution in [3.8, 4) is 0 Å². The molecule has 0 amide bonds. The molecule has 0 radical (unpaired) electrons. The zero-order chi connectivity index (χ0) is 16.4. The normalized spacial score (nSPS) is 16.8. The van der Waals surface area contributed by atoms with Crippen LogP contribution in [-0.2, 0) is 19.8 Å². The zero-order valence-corrected chi connectivity index (χ0v) is 12.5. The van der Waals surface area contributed by atoms with Gasteiger partial charge in [-0.25, -0.2) is 9.97 Å². The van der Waals surface area contributed by atoms with E-state index in [1.54, 1.807) is 11.2 Å². The van der Waals surface area contributed by atoms with Crippen LogP contribution in [0.2, 0.25) is 0 Å². The Morgan fingerprint density at radius 2 is 1.91 bits per heavy atom. The van der Waals surface area contributed by atoms with Crippen LogP contribution in [0.15, 0.2) is 18.6 Å². The lowest BCUT2D eigenvalue weighted by Crippen LogP contribution is -2.47. The van der Waals surface area contributed by atoms with Crippen molar-refractivity contribution in [3.63, 3.8) is 0 Å². The molecular weight excluding hydrogens is 311 g/mol. The van der Waals surface area contributed by atoms with Crippen molar-refractivity contribution in [2.45, 2.75) is 12.7 Å². The second-order valence-corrected chi connectivity index (χ2v) is 5.36. The van der Waals surface area contributed by atoms with Crippen LogP contribution in [0.1, 0.15) is 11.5 Å². The molecule has 2 aromatic heterocycles. The van der Waals surface area contributed by atoms with Gasteiger partial charge >= 0.3 is 6.18 Å². The Kier molecular flexibility index (Phi) is 4.16. The first kappa shape index (κ1) is 15.7. The van der Waals surface area contributed by atoms with Crippen molar-refractivity contribution in [2.75, 3.05) is 31.1 Å². The van der Waals surface area contributed by atoms with E-state index in [9.17, 15) is 13.2 Å². The number of nitrogens with zero attached hydrogens (tertiary/aromatic N) is 7. The van der Waals surface area contributed by atoms with Gasteiger partial charge in [-0.15, -0.1) is 10.2 Å². The summed E-state index contributed by atoms with van der Waals surface area (Å²) in [5.74, 6) is 0.979. The van der Waals surface area contributed by atoms with Gasteiger partial charge < -0.3 is 9.47 Å². The summed E-state index contributed by atoms with van der Waals surface area (Å²) in [4.78, 5) is 11.5. The molecule has 1 aliphatic rings. The standard InChI is InChI=1S/C13H16F3N7/c1-21-9-18-20-11(21)8-22-4-6-23(7-5-22)12-17-3-2-10(19-12)13(14,15)16/h2-3,9H,4-8H2,1H3. The number of hydrogen-bond acceptors (Lipinski definition) is 6. The quantitative estimate of drug-likeness (QED) is 0.836. The summed E-state index contributed by atoms with van der Waals surface area (Å²) in [5, 5.41) is 7.87. The van der Waals surface area contributed by atoms with Gasteiger partial charge in [0.05, 0.1) is 6.54 Å². The first-order valence-electron chi connectivity index (χ1n) is 7.14. The molecule has 1 fully saturated rings. The van der Waals surface area contributed by atoms with E-state index in [2.05, 4.69) is 25.1 Å². The first-order valence-corrected chi connectivity index (χ1v) is 7.14. The predicted molar refractivity (Wildman–Crippen MR) is 75.5 cm³/mol. The Morgan fingerprint density at radius 1 is 1.17 bits per heavy atom. The molecule has 0 atom stereocenters. The summed E-state index contributed by atoms with van der Waals surface area (Å²) in [7, 11) is 1.88. The molecule has 0 spiro atoms. The van der Waals surface area contributed by atoms with Crippen molar-refractivity contribution in [2.24, 2.45) is 7.05 Å². The third-order valence-corrected chi connectivity index (χ3v) is 3.76. The molecule has 124 valence electrons. The minimum Gasteiger partial charge on any atom is -0.338 e. The van der Waals surface area contributed by atoms with Crippen LogP contribution >= 0.6 is 0 Å². The molecule has 1 saturated heterocycles. The van der Waals surface area contributed by atoms with Gasteiger partial charge in [0, 0.05) is 39.4 Å². The number of halogens is 3. The monoisotopic (exact) mass is 327 g/mol. The molecule has 0 aliphatic carbocycles. The maximum absolute atomic E-state index is 12.7. The molecule has 0 unspecified atom stereocenters. The van der Waals surface area contributed by atoms with Crippen LogP contribution in [0.3, 0.4) is 0 Å². The molecule has 0 bridgehead atoms. The molecule has 2 aromatic rings. The molecule has 1 aliphatic heterocycles. The van der Waals surface area contributed by atoms with Crippen LogP contribution < -0.4 is 4.90 Å². The average Bonchev–Trinajstić information content (AvgIpc) is 2.92. The van der Waals surface area contributed by atoms with E-state index in [0.29, 0.717) is 32.7 Å². The maximum Gasteiger partial charge on any atom is 0.433 e. The minimum absolute atomic E-state index is 0.123. The van der Waals surface area contributed by atoms with Gasteiger partial charge in [-0.3, -0.25) is 4.90 Å². The fourth-order valence-electron chi connectivity index (χ4n) is 2.41. The lowest BCUT2D eigenvalue weighted by Gasteiger charge is -2.34. The first-order chi connectivity index (χ1) is 10.9. The van der Waals surface area contributed by atoms with Crippen LogP contribution in [-0.4, -0.2) is 55.8 Å². The predicted octanol–water partition coefficient (Wildman–Crippen LogP) is 0.946. The van der Waals surface area contributed by atoms with Crippen LogP contribution in [0.25, 0.3) is 0 Å². The molecule has 0 N–H and O–H groups in total. The fraction of sp³-hybridized carbons (Fsp3) is 0.538. The Balaban J connectivity index is 1.62. The second kappa shape index (κ2) is 6.11. The summed E-state index contributed by atoms with van der Waals surface area (Å²) in [6.45, 7) is 3.20. The minimum atomic E-state index is -4.45. The number of anilines is 1. The van der Waals surface area contributed by atoms with Gasteiger partial charge in [0.2, 0.25) is 5.95 Å². The lowest BCUT2D eigenvalue weighted by molar-refractivity contribution is -0.141. The summed E-state index contributed by atoms with van der Waals surface area (Å²) in [6, 6.07) is 0.883. The maximum atomic E-state index is 12.7. The zero-order valence-electron chi connectivity index (χ0n) is 12.5. The molecule has 10 heteroatoms. The molecule has 0 aromatic carbocycles. The van der Waals surface area contributed by atoms with Crippen molar-refractivity contribution in [1.29, 1.82) is 0 Å². The highest BCUT2D eigenvalue weighted by Gasteiger charge is 2.33. The summed E-state index contributed by atoms with van der Waals surface area (Å²) in [5.41, 5.74) is -0.913. The third-order valence-electron chi connectivity index (χ3n) is 3.76. The van der Waals surface area contributed by atoms with E-state index < -0.39 is 11.9 Å². The number of aryl methyl sites for hydroxylation is 1. The third kappa shape index (κ3) is 3.58. The van der Waals surface area contributed by atoms with Gasteiger partial charge in [0.25, 0.3) is 0 Å². The topological polar surface area (TPSA) is 63.0 Å². The Bertz CT molecular complexity index is 662. The highest BCUT2D eigenvalue weighted by atomic mass is 19.4. The average molecular weight is 327 g/mol. The summed E-state index contributed by atoms with van der Waals surface area (Å²) >= 11 is 0. The molecule has 23 heavy (non-hydrogen) atoms. The Morgan fingerprint density at radius 3 is 2.52 bits per heavy atom. The molecular formula is C13H16F3N7. The van der Waals surface area contributed by atoms with E-state index in [1.165, 1.54) is 0 Å². The van der Waals surface area contributed by atoms with Gasteiger partial charge in [0.15, 0.2) is 0 Å². The van der Waals surface area contributed by atoms with E-state index >= 15 is 0 Å². The van der Waals surface area contributed by atoms with Gasteiger partial charge in [-0.2, -0.15) is 13.2 Å². The Labute approximate surface area is 130 Å². The number of rotatable bonds is 3. The highest BCUT2D eigenvalue weighted by Crippen LogP contribution is 2.28. The van der Waals surface area contributed by atoms with Gasteiger partial charge in [-0.1, -0.05) is 0 Å². The van der Waals surface area contributed by atoms with Gasteiger partial charge in [-0.05, 0) is 6.07 Å². The van der Waals surface area contributed by atoms with Crippen LogP contribution in [0.4, 0.5) is 19.1 Å². The largest absolute Gasteiger partial charge is 0.433 e. The summed E-state index contributed by atoms with van der Waals surface area (Å²) < 4.78 is 40.0. The number of alkyl halides is 3. The SMILES string of the molecule is Cn1cnnc1CN1CCN(c2nccc(C(F)(F)F)n2)CC1. The van der Waals surface area contributed by atoms with E-state index in [0.717, 1.165) is 18.1 Å². The molecule has 3 heterocycles. The lowest BCUT2D eigenvalue weighted by atomic mass is 10.3. The van der Waals surface area contributed by atoms with E-state index in [-0.39, 0.29) is 5.95 Å². The fourth-order valence-corrected chi connectivity index (χ4v) is 2.41. The molecule has 7 nitrogen and oxygen atoms in total. The van der Waals surface area contributed by atoms with E-state index in [4.69, 9.17) is 0 Å². The molecule has 3 rings (SSSR count). The van der Waals surface area contributed by atoms with Crippen molar-refractivity contribution in [3.05, 3.63) is 30.1 Å². The smallest absolute Gasteiger partial charge is 0.338 e. The van der Waals surface area contributed by atoms with Gasteiger partial charge in [0.1, 0.15) is 17.8 Å². The van der Waals surface area contributed by atoms with Crippen LogP contribution in [0.5, 0.6) is 0 Å². The molecule has 0 saturated carbocycles. The number of hydrogen-bond donors (Lipinski definition) is 0. The van der Waals surface area contributed by atoms with Crippen molar-refractivity contribution < 1.29 is 13.2 Å². The van der Waals surface area contributed by atoms with E-state index in [1.807, 2.05) is 11.6 Å².